The number of nitrogens with zero attached hydrogens (tertiary/aromatic N) is 5. The van der Waals surface area contributed by atoms with E-state index in [0.29, 0.717) is 16.7 Å². The number of hydrogen-bond donors (Lipinski definition) is 2. The number of rotatable bonds is 5. The quantitative estimate of drug-likeness (QED) is 0.554. The molecule has 3 fully saturated rings. The van der Waals surface area contributed by atoms with Crippen LogP contribution in [0.1, 0.15) is 25.7 Å². The van der Waals surface area contributed by atoms with Crippen LogP contribution < -0.4 is 20.4 Å². The average molecular weight is 490 g/mol. The monoisotopic (exact) mass is 489 g/mol. The summed E-state index contributed by atoms with van der Waals surface area (Å²) in [5.74, 6) is 0.644. The zero-order valence-electron chi connectivity index (χ0n) is 19.5. The first kappa shape index (κ1) is 22.2. The van der Waals surface area contributed by atoms with Gasteiger partial charge in [-0.15, -0.1) is 0 Å². The van der Waals surface area contributed by atoms with Crippen molar-refractivity contribution in [3.63, 3.8) is 0 Å². The maximum absolute atomic E-state index is 13.3. The molecule has 5 heterocycles. The summed E-state index contributed by atoms with van der Waals surface area (Å²) in [6.07, 6.45) is 8.99. The second kappa shape index (κ2) is 9.09. The highest BCUT2D eigenvalue weighted by Crippen LogP contribution is 2.42. The summed E-state index contributed by atoms with van der Waals surface area (Å²) in [5, 5.41) is 7.11. The fourth-order valence-corrected chi connectivity index (χ4v) is 5.46. The van der Waals surface area contributed by atoms with Gasteiger partial charge in [-0.2, -0.15) is 0 Å². The van der Waals surface area contributed by atoms with E-state index in [2.05, 4.69) is 37.6 Å². The molecule has 0 bridgehead atoms. The van der Waals surface area contributed by atoms with Gasteiger partial charge in [-0.1, -0.05) is 23.7 Å². The number of hydrogen-bond acceptors (Lipinski definition) is 7. The van der Waals surface area contributed by atoms with Crippen molar-refractivity contribution in [2.24, 2.45) is 5.41 Å². The van der Waals surface area contributed by atoms with Crippen molar-refractivity contribution in [3.8, 4) is 11.3 Å². The minimum absolute atomic E-state index is 0.213. The largest absolute Gasteiger partial charge is 0.371 e. The number of aromatic nitrogens is 3. The third-order valence-corrected chi connectivity index (χ3v) is 7.73. The van der Waals surface area contributed by atoms with E-state index in [-0.39, 0.29) is 11.3 Å². The summed E-state index contributed by atoms with van der Waals surface area (Å²) < 4.78 is 0. The predicted molar refractivity (Wildman–Crippen MR) is 138 cm³/mol. The average Bonchev–Trinajstić information content (AvgIpc) is 3.15. The van der Waals surface area contributed by atoms with Crippen LogP contribution in [0.2, 0.25) is 5.02 Å². The summed E-state index contributed by atoms with van der Waals surface area (Å²) in [5.41, 5.74) is 4.10. The zero-order chi connectivity index (χ0) is 23.8. The number of amides is 1. The molecule has 3 saturated heterocycles. The highest BCUT2D eigenvalue weighted by atomic mass is 35.5. The van der Waals surface area contributed by atoms with Gasteiger partial charge in [0.15, 0.2) is 0 Å². The molecule has 180 valence electrons. The number of nitrogens with one attached hydrogen (secondary N) is 2. The molecule has 2 aromatic heterocycles. The Kier molecular flexibility index (Phi) is 5.78. The molecule has 2 N–H and O–H groups in total. The van der Waals surface area contributed by atoms with Crippen molar-refractivity contribution >= 4 is 40.5 Å². The molecule has 3 aromatic rings. The second-order valence-electron chi connectivity index (χ2n) is 9.58. The molecule has 0 unspecified atom stereocenters. The Hall–Kier alpha value is -3.23. The molecule has 1 amide bonds. The van der Waals surface area contributed by atoms with E-state index in [4.69, 9.17) is 16.6 Å². The number of carbonyl (C=O) groups excluding carboxylic acids is 1. The Morgan fingerprint density at radius 3 is 2.66 bits per heavy atom. The van der Waals surface area contributed by atoms with Gasteiger partial charge in [0.1, 0.15) is 0 Å². The van der Waals surface area contributed by atoms with Crippen molar-refractivity contribution in [1.29, 1.82) is 0 Å². The summed E-state index contributed by atoms with van der Waals surface area (Å²) in [7, 11) is 0. The van der Waals surface area contributed by atoms with E-state index in [1.807, 2.05) is 23.1 Å². The normalized spacial score (nSPS) is 19.2. The van der Waals surface area contributed by atoms with Gasteiger partial charge in [-0.05, 0) is 57.0 Å². The van der Waals surface area contributed by atoms with Gasteiger partial charge >= 0.3 is 0 Å². The molecule has 8 nitrogen and oxygen atoms in total. The minimum Gasteiger partial charge on any atom is -0.371 e. The van der Waals surface area contributed by atoms with Crippen molar-refractivity contribution in [2.75, 3.05) is 47.8 Å². The van der Waals surface area contributed by atoms with Crippen LogP contribution in [0.15, 0.2) is 48.9 Å². The Balaban J connectivity index is 1.23. The topological polar surface area (TPSA) is 86.3 Å². The third-order valence-electron chi connectivity index (χ3n) is 7.45. The van der Waals surface area contributed by atoms with Crippen LogP contribution in [0, 0.1) is 5.41 Å². The standard InChI is InChI=1S/C26H28ClN7O/c27-22-17-30-25(32-23(22)18-3-1-4-20(13-18)33-10-2-11-33)31-19-14-21(16-29-15-19)34-12-7-26(24(34)35)5-8-28-9-6-26/h1,3-4,13-17,28H,2,5-12H2,(H,30,31,32). The lowest BCUT2D eigenvalue weighted by Crippen LogP contribution is -2.42. The Bertz CT molecular complexity index is 1260. The van der Waals surface area contributed by atoms with E-state index in [1.54, 1.807) is 18.6 Å². The third kappa shape index (κ3) is 4.21. The number of carbonyl (C=O) groups is 1. The number of pyridine rings is 1. The second-order valence-corrected chi connectivity index (χ2v) is 9.98. The predicted octanol–water partition coefficient (Wildman–Crippen LogP) is 4.25. The maximum Gasteiger partial charge on any atom is 0.233 e. The first-order valence-corrected chi connectivity index (χ1v) is 12.6. The van der Waals surface area contributed by atoms with E-state index in [0.717, 1.165) is 68.9 Å². The number of benzene rings is 1. The van der Waals surface area contributed by atoms with Crippen LogP contribution in [0.3, 0.4) is 0 Å². The SMILES string of the molecule is O=C1N(c2cncc(Nc3ncc(Cl)c(-c4cccc(N5CCC5)c4)n3)c2)CCC12CCNCC2. The smallest absolute Gasteiger partial charge is 0.233 e. The van der Waals surface area contributed by atoms with Crippen LogP contribution >= 0.6 is 11.6 Å². The van der Waals surface area contributed by atoms with Crippen molar-refractivity contribution in [2.45, 2.75) is 25.7 Å². The van der Waals surface area contributed by atoms with Crippen molar-refractivity contribution in [1.82, 2.24) is 20.3 Å². The van der Waals surface area contributed by atoms with E-state index in [9.17, 15) is 4.79 Å². The Morgan fingerprint density at radius 1 is 1.00 bits per heavy atom. The maximum atomic E-state index is 13.3. The molecular formula is C26H28ClN7O. The number of piperidine rings is 1. The molecule has 3 aliphatic rings. The summed E-state index contributed by atoms with van der Waals surface area (Å²) in [6, 6.07) is 10.2. The molecule has 6 rings (SSSR count). The van der Waals surface area contributed by atoms with Gasteiger partial charge in [0.05, 0.1) is 46.1 Å². The van der Waals surface area contributed by atoms with Crippen LogP contribution in [0.25, 0.3) is 11.3 Å². The summed E-state index contributed by atoms with van der Waals surface area (Å²) in [4.78, 5) is 31.0. The molecule has 0 radical (unpaired) electrons. The van der Waals surface area contributed by atoms with Crippen LogP contribution in [0.4, 0.5) is 23.0 Å². The lowest BCUT2D eigenvalue weighted by Gasteiger charge is -2.33. The molecule has 0 atom stereocenters. The molecule has 3 aliphatic heterocycles. The highest BCUT2D eigenvalue weighted by molar-refractivity contribution is 6.32. The Morgan fingerprint density at radius 2 is 1.86 bits per heavy atom. The molecule has 35 heavy (non-hydrogen) atoms. The van der Waals surface area contributed by atoms with Gasteiger partial charge in [0.25, 0.3) is 0 Å². The van der Waals surface area contributed by atoms with Gasteiger partial charge in [0, 0.05) is 30.9 Å². The van der Waals surface area contributed by atoms with Gasteiger partial charge < -0.3 is 20.4 Å². The number of anilines is 4. The lowest BCUT2D eigenvalue weighted by molar-refractivity contribution is -0.126. The van der Waals surface area contributed by atoms with Gasteiger partial charge in [0.2, 0.25) is 11.9 Å². The molecule has 9 heteroatoms. The fourth-order valence-electron chi connectivity index (χ4n) is 5.26. The molecule has 1 aromatic carbocycles. The molecular weight excluding hydrogens is 462 g/mol. The van der Waals surface area contributed by atoms with Gasteiger partial charge in [-0.25, -0.2) is 9.97 Å². The summed E-state index contributed by atoms with van der Waals surface area (Å²) >= 11 is 6.48. The molecule has 0 aliphatic carbocycles. The first-order chi connectivity index (χ1) is 17.1. The molecule has 0 saturated carbocycles. The highest BCUT2D eigenvalue weighted by Gasteiger charge is 2.47. The number of halogens is 1. The van der Waals surface area contributed by atoms with Crippen molar-refractivity contribution in [3.05, 3.63) is 53.9 Å². The van der Waals surface area contributed by atoms with E-state index >= 15 is 0 Å². The minimum atomic E-state index is -0.229. The van der Waals surface area contributed by atoms with E-state index < -0.39 is 0 Å². The summed E-state index contributed by atoms with van der Waals surface area (Å²) in [6.45, 7) is 4.68. The fraction of sp³-hybridized carbons (Fsp3) is 0.385. The first-order valence-electron chi connectivity index (χ1n) is 12.2. The van der Waals surface area contributed by atoms with Gasteiger partial charge in [-0.3, -0.25) is 9.78 Å². The molecule has 1 spiro atoms. The van der Waals surface area contributed by atoms with Crippen LogP contribution in [0.5, 0.6) is 0 Å². The lowest BCUT2D eigenvalue weighted by atomic mass is 9.78. The van der Waals surface area contributed by atoms with Crippen LogP contribution in [-0.4, -0.2) is 53.6 Å². The van der Waals surface area contributed by atoms with Crippen molar-refractivity contribution < 1.29 is 4.79 Å². The van der Waals surface area contributed by atoms with E-state index in [1.165, 1.54) is 12.1 Å². The Labute approximate surface area is 209 Å². The zero-order valence-corrected chi connectivity index (χ0v) is 20.3. The van der Waals surface area contributed by atoms with Crippen LogP contribution in [-0.2, 0) is 4.79 Å².